The first kappa shape index (κ1) is 10.2. The Hall–Kier alpha value is -0.820. The van der Waals surface area contributed by atoms with Crippen LogP contribution in [0.2, 0.25) is 0 Å². The van der Waals surface area contributed by atoms with Gasteiger partial charge in [0.1, 0.15) is 0 Å². The van der Waals surface area contributed by atoms with E-state index in [0.29, 0.717) is 0 Å². The maximum atomic E-state index is 8.79. The van der Waals surface area contributed by atoms with Gasteiger partial charge in [-0.15, -0.1) is 0 Å². The van der Waals surface area contributed by atoms with E-state index in [9.17, 15) is 0 Å². The first-order valence-corrected chi connectivity index (χ1v) is 3.50. The molecule has 0 aliphatic heterocycles. The minimum atomic E-state index is 0. The smallest absolute Gasteiger partial charge is 0.0497 e. The van der Waals surface area contributed by atoms with E-state index in [4.69, 9.17) is 5.11 Å². The van der Waals surface area contributed by atoms with Crippen molar-refractivity contribution < 1.29 is 5.11 Å². The van der Waals surface area contributed by atoms with Gasteiger partial charge in [-0.25, -0.2) is 0 Å². The molecule has 1 rings (SSSR count). The SMILES string of the molecule is C.CC(CO)c1ccccc1. The van der Waals surface area contributed by atoms with Crippen LogP contribution < -0.4 is 0 Å². The standard InChI is InChI=1S/C9H12O.CH4/c1-8(7-10)9-5-3-2-4-6-9;/h2-6,8,10H,7H2,1H3;1H4. The Labute approximate surface area is 68.7 Å². The first-order chi connectivity index (χ1) is 4.84. The van der Waals surface area contributed by atoms with Crippen LogP contribution in [-0.4, -0.2) is 11.7 Å². The molecular formula is C10H16O. The molecule has 0 heterocycles. The van der Waals surface area contributed by atoms with Gasteiger partial charge in [0, 0.05) is 12.5 Å². The van der Waals surface area contributed by atoms with Crippen LogP contribution in [0.15, 0.2) is 30.3 Å². The van der Waals surface area contributed by atoms with Crippen molar-refractivity contribution in [3.8, 4) is 0 Å². The monoisotopic (exact) mass is 152 g/mol. The van der Waals surface area contributed by atoms with Crippen molar-refractivity contribution in [3.05, 3.63) is 35.9 Å². The lowest BCUT2D eigenvalue weighted by Crippen LogP contribution is -1.97. The van der Waals surface area contributed by atoms with Crippen LogP contribution in [0.5, 0.6) is 0 Å². The molecule has 1 N–H and O–H groups in total. The molecule has 0 aromatic heterocycles. The van der Waals surface area contributed by atoms with Gasteiger partial charge in [-0.2, -0.15) is 0 Å². The summed E-state index contributed by atoms with van der Waals surface area (Å²) < 4.78 is 0. The third kappa shape index (κ3) is 2.72. The normalized spacial score (nSPS) is 11.8. The van der Waals surface area contributed by atoms with Crippen LogP contribution in [0.3, 0.4) is 0 Å². The molecule has 0 bridgehead atoms. The molecule has 0 radical (unpaired) electrons. The molecule has 1 atom stereocenters. The second-order valence-corrected chi connectivity index (χ2v) is 2.49. The highest BCUT2D eigenvalue weighted by atomic mass is 16.3. The molecule has 0 spiro atoms. The van der Waals surface area contributed by atoms with Crippen LogP contribution in [0.4, 0.5) is 0 Å². The molecule has 0 aliphatic carbocycles. The molecule has 1 heteroatoms. The molecule has 11 heavy (non-hydrogen) atoms. The third-order valence-electron chi connectivity index (χ3n) is 1.64. The van der Waals surface area contributed by atoms with E-state index in [1.54, 1.807) is 0 Å². The average Bonchev–Trinajstić information content (AvgIpc) is 2.05. The zero-order chi connectivity index (χ0) is 7.40. The largest absolute Gasteiger partial charge is 0.396 e. The van der Waals surface area contributed by atoms with Crippen molar-refractivity contribution in [2.45, 2.75) is 20.3 Å². The van der Waals surface area contributed by atoms with Gasteiger partial charge in [0.25, 0.3) is 0 Å². The lowest BCUT2D eigenvalue weighted by atomic mass is 10.0. The van der Waals surface area contributed by atoms with Crippen LogP contribution in [0.1, 0.15) is 25.8 Å². The number of aliphatic hydroxyl groups is 1. The Balaban J connectivity index is 0.000001000. The van der Waals surface area contributed by atoms with Gasteiger partial charge in [-0.05, 0) is 5.56 Å². The highest BCUT2D eigenvalue weighted by Gasteiger charge is 2.00. The Morgan fingerprint density at radius 2 is 1.82 bits per heavy atom. The molecule has 1 aromatic carbocycles. The maximum absolute atomic E-state index is 8.79. The fraction of sp³-hybridized carbons (Fsp3) is 0.400. The lowest BCUT2D eigenvalue weighted by Gasteiger charge is -2.05. The number of benzene rings is 1. The third-order valence-corrected chi connectivity index (χ3v) is 1.64. The summed E-state index contributed by atoms with van der Waals surface area (Å²) in [6.07, 6.45) is 0. The number of aliphatic hydroxyl groups excluding tert-OH is 1. The predicted molar refractivity (Wildman–Crippen MR) is 48.7 cm³/mol. The average molecular weight is 152 g/mol. The van der Waals surface area contributed by atoms with E-state index in [1.165, 1.54) is 5.56 Å². The summed E-state index contributed by atoms with van der Waals surface area (Å²) >= 11 is 0. The molecule has 0 aliphatic rings. The molecule has 0 fully saturated rings. The number of hydrogen-bond donors (Lipinski definition) is 1. The van der Waals surface area contributed by atoms with Gasteiger partial charge >= 0.3 is 0 Å². The van der Waals surface area contributed by atoms with Gasteiger partial charge in [-0.3, -0.25) is 0 Å². The molecule has 0 saturated carbocycles. The number of hydrogen-bond acceptors (Lipinski definition) is 1. The zero-order valence-electron chi connectivity index (χ0n) is 6.12. The number of rotatable bonds is 2. The summed E-state index contributed by atoms with van der Waals surface area (Å²) in [5, 5.41) is 8.79. The van der Waals surface area contributed by atoms with Crippen molar-refractivity contribution >= 4 is 0 Å². The first-order valence-electron chi connectivity index (χ1n) is 3.50. The highest BCUT2D eigenvalue weighted by Crippen LogP contribution is 2.12. The zero-order valence-corrected chi connectivity index (χ0v) is 6.12. The molecule has 1 nitrogen and oxygen atoms in total. The topological polar surface area (TPSA) is 20.2 Å². The quantitative estimate of drug-likeness (QED) is 0.690. The molecular weight excluding hydrogens is 136 g/mol. The summed E-state index contributed by atoms with van der Waals surface area (Å²) in [5.41, 5.74) is 1.20. The molecule has 1 unspecified atom stereocenters. The minimum absolute atomic E-state index is 0. The van der Waals surface area contributed by atoms with Crippen LogP contribution in [0.25, 0.3) is 0 Å². The molecule has 62 valence electrons. The van der Waals surface area contributed by atoms with E-state index >= 15 is 0 Å². The van der Waals surface area contributed by atoms with Crippen molar-refractivity contribution in [2.75, 3.05) is 6.61 Å². The minimum Gasteiger partial charge on any atom is -0.396 e. The summed E-state index contributed by atoms with van der Waals surface area (Å²) in [4.78, 5) is 0. The van der Waals surface area contributed by atoms with E-state index < -0.39 is 0 Å². The van der Waals surface area contributed by atoms with Gasteiger partial charge < -0.3 is 5.11 Å². The van der Waals surface area contributed by atoms with E-state index in [2.05, 4.69) is 0 Å². The van der Waals surface area contributed by atoms with Crippen molar-refractivity contribution in [3.63, 3.8) is 0 Å². The highest BCUT2D eigenvalue weighted by molar-refractivity contribution is 5.18. The fourth-order valence-corrected chi connectivity index (χ4v) is 0.887. The summed E-state index contributed by atoms with van der Waals surface area (Å²) in [7, 11) is 0. The van der Waals surface area contributed by atoms with Crippen LogP contribution >= 0.6 is 0 Å². The Bertz CT molecular complexity index is 181. The molecule has 1 aromatic rings. The van der Waals surface area contributed by atoms with Gasteiger partial charge in [0.2, 0.25) is 0 Å². The Morgan fingerprint density at radius 3 is 2.27 bits per heavy atom. The predicted octanol–water partition coefficient (Wildman–Crippen LogP) is 2.42. The molecule has 0 saturated heterocycles. The van der Waals surface area contributed by atoms with Gasteiger partial charge in [0.15, 0.2) is 0 Å². The van der Waals surface area contributed by atoms with E-state index in [1.807, 2.05) is 37.3 Å². The van der Waals surface area contributed by atoms with Crippen molar-refractivity contribution in [2.24, 2.45) is 0 Å². The van der Waals surface area contributed by atoms with Crippen LogP contribution in [-0.2, 0) is 0 Å². The van der Waals surface area contributed by atoms with Crippen molar-refractivity contribution in [1.82, 2.24) is 0 Å². The second kappa shape index (κ2) is 4.91. The fourth-order valence-electron chi connectivity index (χ4n) is 0.887. The van der Waals surface area contributed by atoms with Gasteiger partial charge in [-0.1, -0.05) is 44.7 Å². The Kier molecular flexibility index (Phi) is 4.55. The summed E-state index contributed by atoms with van der Waals surface area (Å²) in [6, 6.07) is 10.0. The van der Waals surface area contributed by atoms with E-state index in [0.717, 1.165) is 0 Å². The molecule has 0 amide bonds. The van der Waals surface area contributed by atoms with Gasteiger partial charge in [0.05, 0.1) is 0 Å². The van der Waals surface area contributed by atoms with Crippen LogP contribution in [0, 0.1) is 0 Å². The second-order valence-electron chi connectivity index (χ2n) is 2.49. The Morgan fingerprint density at radius 1 is 1.27 bits per heavy atom. The van der Waals surface area contributed by atoms with E-state index in [-0.39, 0.29) is 20.0 Å². The maximum Gasteiger partial charge on any atom is 0.0497 e. The van der Waals surface area contributed by atoms with Crippen molar-refractivity contribution in [1.29, 1.82) is 0 Å². The summed E-state index contributed by atoms with van der Waals surface area (Å²) in [6.45, 7) is 2.24. The summed E-state index contributed by atoms with van der Waals surface area (Å²) in [5.74, 6) is 0.265. The lowest BCUT2D eigenvalue weighted by molar-refractivity contribution is 0.273.